The first-order valence-corrected chi connectivity index (χ1v) is 11.9. The number of oxime groups is 1. The minimum absolute atomic E-state index is 0.148. The van der Waals surface area contributed by atoms with E-state index in [1.807, 2.05) is 11.9 Å². The zero-order chi connectivity index (χ0) is 23.1. The lowest BCUT2D eigenvalue weighted by atomic mass is 9.99. The van der Waals surface area contributed by atoms with Crippen LogP contribution in [0.3, 0.4) is 0 Å². The quantitative estimate of drug-likeness (QED) is 0.718. The summed E-state index contributed by atoms with van der Waals surface area (Å²) in [5.74, 6) is -0.580. The van der Waals surface area contributed by atoms with Crippen LogP contribution < -0.4 is 5.32 Å². The van der Waals surface area contributed by atoms with Crippen LogP contribution in [0.15, 0.2) is 52.5 Å². The number of likely N-dealkylation sites (tertiary alicyclic amines) is 1. The Morgan fingerprint density at radius 3 is 2.47 bits per heavy atom. The van der Waals surface area contributed by atoms with E-state index < -0.39 is 20.4 Å². The molecular weight excluding hydrogens is 433 g/mol. The zero-order valence-electron chi connectivity index (χ0n) is 18.3. The van der Waals surface area contributed by atoms with E-state index in [1.54, 1.807) is 43.3 Å². The molecule has 1 atom stereocenters. The molecule has 0 radical (unpaired) electrons. The van der Waals surface area contributed by atoms with Crippen LogP contribution in [0.25, 0.3) is 11.1 Å². The van der Waals surface area contributed by atoms with Gasteiger partial charge in [0.25, 0.3) is 0 Å². The molecule has 0 saturated carbocycles. The number of sulfone groups is 1. The Bertz CT molecular complexity index is 1170. The second kappa shape index (κ2) is 8.29. The molecule has 4 rings (SSSR count). The molecule has 1 N–H and O–H groups in total. The first kappa shape index (κ1) is 22.4. The van der Waals surface area contributed by atoms with Gasteiger partial charge in [-0.3, -0.25) is 4.79 Å². The monoisotopic (exact) mass is 459 g/mol. The Kier molecular flexibility index (Phi) is 5.81. The Balaban J connectivity index is 1.49. The van der Waals surface area contributed by atoms with Gasteiger partial charge in [0.15, 0.2) is 9.84 Å². The standard InChI is InChI=1S/C23H26FN3O4S/c1-15(28)25-12-18-11-22(26-31-18)17-6-9-20(21(24)10-17)16-4-7-19(8-5-16)32(29,30)23(2)13-27(3)14-23/h4-10,18H,11-14H2,1-3H3,(H,25,28)/t18-/m1/s1. The van der Waals surface area contributed by atoms with E-state index in [0.717, 1.165) is 0 Å². The smallest absolute Gasteiger partial charge is 0.217 e. The van der Waals surface area contributed by atoms with Gasteiger partial charge in [-0.25, -0.2) is 12.8 Å². The summed E-state index contributed by atoms with van der Waals surface area (Å²) < 4.78 is 40.0. The molecule has 2 aliphatic rings. The van der Waals surface area contributed by atoms with Crippen molar-refractivity contribution in [2.45, 2.75) is 36.0 Å². The molecule has 9 heteroatoms. The number of nitrogens with zero attached hydrogens (tertiary/aromatic N) is 2. The van der Waals surface area contributed by atoms with Crippen LogP contribution in [-0.4, -0.2) is 62.5 Å². The van der Waals surface area contributed by atoms with Gasteiger partial charge in [0.1, 0.15) is 11.9 Å². The molecule has 2 aliphatic heterocycles. The molecule has 0 aromatic heterocycles. The predicted molar refractivity (Wildman–Crippen MR) is 120 cm³/mol. The molecule has 32 heavy (non-hydrogen) atoms. The number of hydrogen-bond acceptors (Lipinski definition) is 6. The van der Waals surface area contributed by atoms with Crippen molar-refractivity contribution in [1.82, 2.24) is 10.2 Å². The molecule has 7 nitrogen and oxygen atoms in total. The van der Waals surface area contributed by atoms with Gasteiger partial charge in [-0.15, -0.1) is 0 Å². The van der Waals surface area contributed by atoms with Crippen LogP contribution in [0.2, 0.25) is 0 Å². The van der Waals surface area contributed by atoms with Gasteiger partial charge in [0.05, 0.1) is 21.9 Å². The molecule has 0 spiro atoms. The van der Waals surface area contributed by atoms with Gasteiger partial charge >= 0.3 is 0 Å². The van der Waals surface area contributed by atoms with E-state index in [1.165, 1.54) is 13.0 Å². The summed E-state index contributed by atoms with van der Waals surface area (Å²) >= 11 is 0. The normalized spacial score (nSPS) is 20.2. The summed E-state index contributed by atoms with van der Waals surface area (Å²) in [5, 5.41) is 6.70. The van der Waals surface area contributed by atoms with Gasteiger partial charge in [-0.1, -0.05) is 29.4 Å². The summed E-state index contributed by atoms with van der Waals surface area (Å²) in [5.41, 5.74) is 2.20. The highest BCUT2D eigenvalue weighted by Gasteiger charge is 2.48. The van der Waals surface area contributed by atoms with Crippen molar-refractivity contribution >= 4 is 21.5 Å². The molecule has 1 amide bonds. The SMILES string of the molecule is CC(=O)NC[C@H]1CC(c2ccc(-c3ccc(S(=O)(=O)C4(C)CN(C)C4)cc3)c(F)c2)=NO1. The third-order valence-corrected chi connectivity index (χ3v) is 8.40. The Morgan fingerprint density at radius 1 is 1.22 bits per heavy atom. The van der Waals surface area contributed by atoms with Crippen LogP contribution in [0, 0.1) is 5.82 Å². The van der Waals surface area contributed by atoms with Gasteiger partial charge in [-0.05, 0) is 37.7 Å². The molecule has 2 aromatic rings. The first-order valence-electron chi connectivity index (χ1n) is 10.4. The van der Waals surface area contributed by atoms with E-state index in [2.05, 4.69) is 10.5 Å². The van der Waals surface area contributed by atoms with Crippen LogP contribution in [0.1, 0.15) is 25.8 Å². The minimum atomic E-state index is -3.47. The Hall–Kier alpha value is -2.78. The highest BCUT2D eigenvalue weighted by molar-refractivity contribution is 7.93. The lowest BCUT2D eigenvalue weighted by molar-refractivity contribution is -0.119. The van der Waals surface area contributed by atoms with Gasteiger partial charge in [0, 0.05) is 37.6 Å². The molecule has 0 unspecified atom stereocenters. The number of rotatable bonds is 6. The van der Waals surface area contributed by atoms with Crippen LogP contribution in [-0.2, 0) is 19.5 Å². The van der Waals surface area contributed by atoms with Crippen molar-refractivity contribution < 1.29 is 22.4 Å². The van der Waals surface area contributed by atoms with Crippen LogP contribution in [0.4, 0.5) is 4.39 Å². The number of amides is 1. The van der Waals surface area contributed by atoms with Crippen molar-refractivity contribution in [3.8, 4) is 11.1 Å². The summed E-state index contributed by atoms with van der Waals surface area (Å²) in [6.07, 6.45) is 0.197. The van der Waals surface area contributed by atoms with E-state index >= 15 is 0 Å². The lowest BCUT2D eigenvalue weighted by Gasteiger charge is -2.45. The fourth-order valence-corrected chi connectivity index (χ4v) is 6.10. The van der Waals surface area contributed by atoms with Crippen molar-refractivity contribution in [3.05, 3.63) is 53.8 Å². The number of carbonyl (C=O) groups is 1. The molecular formula is C23H26FN3O4S. The molecule has 0 aliphatic carbocycles. The summed E-state index contributed by atoms with van der Waals surface area (Å²) in [4.78, 5) is 18.6. The average Bonchev–Trinajstić information content (AvgIpc) is 3.20. The lowest BCUT2D eigenvalue weighted by Crippen LogP contribution is -2.62. The fraction of sp³-hybridized carbons (Fsp3) is 0.391. The average molecular weight is 460 g/mol. The van der Waals surface area contributed by atoms with E-state index in [-0.39, 0.29) is 16.9 Å². The highest BCUT2D eigenvalue weighted by atomic mass is 32.2. The number of halogens is 1. The molecule has 2 heterocycles. The van der Waals surface area contributed by atoms with Crippen molar-refractivity contribution in [3.63, 3.8) is 0 Å². The topological polar surface area (TPSA) is 88.1 Å². The van der Waals surface area contributed by atoms with Gasteiger partial charge < -0.3 is 15.1 Å². The van der Waals surface area contributed by atoms with Gasteiger partial charge in [-0.2, -0.15) is 0 Å². The highest BCUT2D eigenvalue weighted by Crippen LogP contribution is 2.34. The number of hydrogen-bond donors (Lipinski definition) is 1. The molecule has 1 saturated heterocycles. The van der Waals surface area contributed by atoms with E-state index in [4.69, 9.17) is 4.84 Å². The molecule has 1 fully saturated rings. The maximum atomic E-state index is 14.9. The Morgan fingerprint density at radius 2 is 1.88 bits per heavy atom. The molecule has 170 valence electrons. The summed E-state index contributed by atoms with van der Waals surface area (Å²) in [7, 11) is -1.58. The second-order valence-corrected chi connectivity index (χ2v) is 11.2. The number of nitrogens with one attached hydrogen (secondary N) is 1. The summed E-state index contributed by atoms with van der Waals surface area (Å²) in [6, 6.07) is 11.2. The number of benzene rings is 2. The summed E-state index contributed by atoms with van der Waals surface area (Å²) in [6.45, 7) is 4.51. The van der Waals surface area contributed by atoms with E-state index in [0.29, 0.717) is 48.5 Å². The predicted octanol–water partition coefficient (Wildman–Crippen LogP) is 2.60. The third-order valence-electron chi connectivity index (χ3n) is 5.95. The number of carbonyl (C=O) groups excluding carboxylic acids is 1. The van der Waals surface area contributed by atoms with Crippen molar-refractivity contribution in [1.29, 1.82) is 0 Å². The maximum Gasteiger partial charge on any atom is 0.217 e. The third kappa shape index (κ3) is 4.14. The zero-order valence-corrected chi connectivity index (χ0v) is 19.1. The van der Waals surface area contributed by atoms with Gasteiger partial charge in [0.2, 0.25) is 5.91 Å². The largest absolute Gasteiger partial charge is 0.390 e. The molecule has 0 bridgehead atoms. The van der Waals surface area contributed by atoms with Crippen LogP contribution >= 0.6 is 0 Å². The minimum Gasteiger partial charge on any atom is -0.390 e. The second-order valence-electron chi connectivity index (χ2n) is 8.75. The van der Waals surface area contributed by atoms with E-state index in [9.17, 15) is 17.6 Å². The van der Waals surface area contributed by atoms with Crippen LogP contribution in [0.5, 0.6) is 0 Å². The van der Waals surface area contributed by atoms with Crippen molar-refractivity contribution in [2.24, 2.45) is 5.16 Å². The molecule has 2 aromatic carbocycles. The fourth-order valence-electron chi connectivity index (χ4n) is 4.26. The maximum absolute atomic E-state index is 14.9. The first-order chi connectivity index (χ1) is 15.1. The van der Waals surface area contributed by atoms with Crippen molar-refractivity contribution in [2.75, 3.05) is 26.7 Å². The Labute approximate surface area is 187 Å².